The van der Waals surface area contributed by atoms with Gasteiger partial charge in [0.15, 0.2) is 5.96 Å². The Bertz CT molecular complexity index is 610. The number of nitrogens with zero attached hydrogens (tertiary/aromatic N) is 5. The average molecular weight is 316 g/mol. The molecule has 0 atom stereocenters. The monoisotopic (exact) mass is 316 g/mol. The first-order chi connectivity index (χ1) is 11.2. The van der Waals surface area contributed by atoms with E-state index in [1.165, 1.54) is 6.33 Å². The van der Waals surface area contributed by atoms with Gasteiger partial charge in [-0.05, 0) is 19.1 Å². The van der Waals surface area contributed by atoms with E-state index >= 15 is 0 Å². The summed E-state index contributed by atoms with van der Waals surface area (Å²) in [7, 11) is 3.86. The van der Waals surface area contributed by atoms with Crippen LogP contribution in [-0.4, -0.2) is 52.4 Å². The van der Waals surface area contributed by atoms with Crippen LogP contribution in [-0.2, 0) is 13.6 Å². The highest BCUT2D eigenvalue weighted by atomic mass is 16.5. The Hall–Kier alpha value is -2.57. The molecule has 0 bridgehead atoms. The third-order valence-electron chi connectivity index (χ3n) is 3.31. The molecule has 23 heavy (non-hydrogen) atoms. The number of hydrogen-bond acceptors (Lipinski definition) is 4. The molecule has 0 aliphatic rings. The Balaban J connectivity index is 1.87. The van der Waals surface area contributed by atoms with Crippen LogP contribution in [0.3, 0.4) is 0 Å². The standard InChI is InChI=1S/C16H24N6O/c1-4-17-16(18-12-15-19-13-20-22(15)3)21(2)10-11-23-14-8-6-5-7-9-14/h5-9,13H,4,10-12H2,1-3H3,(H,17,18). The first kappa shape index (κ1) is 16.8. The SMILES string of the molecule is CCNC(=NCc1ncnn1C)N(C)CCOc1ccccc1. The molecule has 2 aromatic rings. The molecule has 124 valence electrons. The molecule has 0 unspecified atom stereocenters. The van der Waals surface area contributed by atoms with Crippen LogP contribution >= 0.6 is 0 Å². The second-order valence-corrected chi connectivity index (χ2v) is 5.05. The zero-order chi connectivity index (χ0) is 16.5. The van der Waals surface area contributed by atoms with Gasteiger partial charge in [-0.25, -0.2) is 9.98 Å². The summed E-state index contributed by atoms with van der Waals surface area (Å²) in [5.74, 6) is 2.53. The van der Waals surface area contributed by atoms with E-state index < -0.39 is 0 Å². The van der Waals surface area contributed by atoms with Gasteiger partial charge >= 0.3 is 0 Å². The zero-order valence-corrected chi connectivity index (χ0v) is 13.9. The van der Waals surface area contributed by atoms with Crippen molar-refractivity contribution in [2.45, 2.75) is 13.5 Å². The molecule has 0 amide bonds. The van der Waals surface area contributed by atoms with Crippen molar-refractivity contribution in [1.82, 2.24) is 25.0 Å². The number of benzene rings is 1. The molecule has 7 nitrogen and oxygen atoms in total. The highest BCUT2D eigenvalue weighted by Gasteiger charge is 2.07. The quantitative estimate of drug-likeness (QED) is 0.616. The minimum absolute atomic E-state index is 0.489. The number of aliphatic imine (C=N–C) groups is 1. The van der Waals surface area contributed by atoms with E-state index in [1.807, 2.05) is 56.3 Å². The number of guanidine groups is 1. The Morgan fingerprint density at radius 2 is 2.13 bits per heavy atom. The Morgan fingerprint density at radius 3 is 2.78 bits per heavy atom. The molecule has 0 aliphatic carbocycles. The molecular weight excluding hydrogens is 292 g/mol. The maximum absolute atomic E-state index is 5.72. The molecule has 0 radical (unpaired) electrons. The fraction of sp³-hybridized carbons (Fsp3) is 0.438. The van der Waals surface area contributed by atoms with Gasteiger partial charge in [0.05, 0.1) is 6.54 Å². The molecule has 1 N–H and O–H groups in total. The predicted octanol–water partition coefficient (Wildman–Crippen LogP) is 1.29. The van der Waals surface area contributed by atoms with Crippen molar-refractivity contribution in [3.05, 3.63) is 42.5 Å². The van der Waals surface area contributed by atoms with Crippen molar-refractivity contribution < 1.29 is 4.74 Å². The molecule has 0 aliphatic heterocycles. The van der Waals surface area contributed by atoms with Crippen LogP contribution < -0.4 is 10.1 Å². The highest BCUT2D eigenvalue weighted by molar-refractivity contribution is 5.79. The number of ether oxygens (including phenoxy) is 1. The molecule has 0 spiro atoms. The minimum Gasteiger partial charge on any atom is -0.492 e. The second-order valence-electron chi connectivity index (χ2n) is 5.05. The summed E-state index contributed by atoms with van der Waals surface area (Å²) < 4.78 is 7.45. The van der Waals surface area contributed by atoms with Crippen molar-refractivity contribution in [3.63, 3.8) is 0 Å². The molecule has 0 fully saturated rings. The number of hydrogen-bond donors (Lipinski definition) is 1. The fourth-order valence-electron chi connectivity index (χ4n) is 2.00. The number of likely N-dealkylation sites (N-methyl/N-ethyl adjacent to an activating group) is 1. The minimum atomic E-state index is 0.489. The van der Waals surface area contributed by atoms with Crippen molar-refractivity contribution in [1.29, 1.82) is 0 Å². The van der Waals surface area contributed by atoms with E-state index in [0.29, 0.717) is 13.2 Å². The van der Waals surface area contributed by atoms with E-state index in [-0.39, 0.29) is 0 Å². The summed E-state index contributed by atoms with van der Waals surface area (Å²) in [4.78, 5) is 10.8. The van der Waals surface area contributed by atoms with Crippen LogP contribution in [0, 0.1) is 0 Å². The number of para-hydroxylation sites is 1. The molecule has 1 aromatic heterocycles. The van der Waals surface area contributed by atoms with Crippen molar-refractivity contribution in [2.75, 3.05) is 26.7 Å². The van der Waals surface area contributed by atoms with Gasteiger partial charge in [-0.3, -0.25) is 4.68 Å². The number of aryl methyl sites for hydroxylation is 1. The van der Waals surface area contributed by atoms with Gasteiger partial charge in [-0.1, -0.05) is 18.2 Å². The predicted molar refractivity (Wildman–Crippen MR) is 90.4 cm³/mol. The Kier molecular flexibility index (Phi) is 6.40. The largest absolute Gasteiger partial charge is 0.492 e. The van der Waals surface area contributed by atoms with Gasteiger partial charge < -0.3 is 15.0 Å². The maximum Gasteiger partial charge on any atom is 0.194 e. The Labute approximate surface area is 137 Å². The third kappa shape index (κ3) is 5.28. The summed E-state index contributed by atoms with van der Waals surface area (Å²) in [5.41, 5.74) is 0. The van der Waals surface area contributed by atoms with Gasteiger partial charge in [0, 0.05) is 20.6 Å². The summed E-state index contributed by atoms with van der Waals surface area (Å²) in [6.07, 6.45) is 1.54. The van der Waals surface area contributed by atoms with Crippen molar-refractivity contribution in [3.8, 4) is 5.75 Å². The lowest BCUT2D eigenvalue weighted by molar-refractivity contribution is 0.281. The Morgan fingerprint density at radius 1 is 1.35 bits per heavy atom. The normalized spacial score (nSPS) is 11.3. The van der Waals surface area contributed by atoms with Crippen molar-refractivity contribution in [2.24, 2.45) is 12.0 Å². The lowest BCUT2D eigenvalue weighted by atomic mass is 10.3. The number of aromatic nitrogens is 3. The summed E-state index contributed by atoms with van der Waals surface area (Å²) >= 11 is 0. The lowest BCUT2D eigenvalue weighted by Crippen LogP contribution is -2.40. The molecular formula is C16H24N6O. The van der Waals surface area contributed by atoms with Crippen molar-refractivity contribution >= 4 is 5.96 Å². The molecule has 1 heterocycles. The smallest absolute Gasteiger partial charge is 0.194 e. The topological polar surface area (TPSA) is 67.6 Å². The van der Waals surface area contributed by atoms with E-state index in [0.717, 1.165) is 30.6 Å². The van der Waals surface area contributed by atoms with E-state index in [1.54, 1.807) is 4.68 Å². The van der Waals surface area contributed by atoms with Gasteiger partial charge in [-0.2, -0.15) is 5.10 Å². The van der Waals surface area contributed by atoms with Gasteiger partial charge in [-0.15, -0.1) is 0 Å². The van der Waals surface area contributed by atoms with Gasteiger partial charge in [0.25, 0.3) is 0 Å². The maximum atomic E-state index is 5.72. The third-order valence-corrected chi connectivity index (χ3v) is 3.31. The fourth-order valence-corrected chi connectivity index (χ4v) is 2.00. The summed E-state index contributed by atoms with van der Waals surface area (Å²) in [6.45, 7) is 4.67. The molecule has 7 heteroatoms. The van der Waals surface area contributed by atoms with Crippen LogP contribution in [0.25, 0.3) is 0 Å². The van der Waals surface area contributed by atoms with Crippen LogP contribution in [0.5, 0.6) is 5.75 Å². The average Bonchev–Trinajstić information content (AvgIpc) is 2.97. The second kappa shape index (κ2) is 8.77. The summed E-state index contributed by atoms with van der Waals surface area (Å²) in [6, 6.07) is 9.80. The molecule has 0 saturated heterocycles. The lowest BCUT2D eigenvalue weighted by Gasteiger charge is -2.22. The van der Waals surface area contributed by atoms with E-state index in [4.69, 9.17) is 4.74 Å². The van der Waals surface area contributed by atoms with Crippen LogP contribution in [0.15, 0.2) is 41.7 Å². The highest BCUT2D eigenvalue weighted by Crippen LogP contribution is 2.07. The molecule has 1 aromatic carbocycles. The number of rotatable bonds is 7. The van der Waals surface area contributed by atoms with Crippen LogP contribution in [0.1, 0.15) is 12.7 Å². The van der Waals surface area contributed by atoms with E-state index in [9.17, 15) is 0 Å². The van der Waals surface area contributed by atoms with E-state index in [2.05, 4.69) is 20.4 Å². The zero-order valence-electron chi connectivity index (χ0n) is 13.9. The van der Waals surface area contributed by atoms with Gasteiger partial charge in [0.1, 0.15) is 31.1 Å². The van der Waals surface area contributed by atoms with Crippen LogP contribution in [0.2, 0.25) is 0 Å². The molecule has 0 saturated carbocycles. The first-order valence-corrected chi connectivity index (χ1v) is 7.71. The van der Waals surface area contributed by atoms with Crippen LogP contribution in [0.4, 0.5) is 0 Å². The summed E-state index contributed by atoms with van der Waals surface area (Å²) in [5, 5.41) is 7.33. The first-order valence-electron chi connectivity index (χ1n) is 7.71. The number of nitrogens with one attached hydrogen (secondary N) is 1. The van der Waals surface area contributed by atoms with Gasteiger partial charge in [0.2, 0.25) is 0 Å². The molecule has 2 rings (SSSR count).